The molecule has 14 aromatic carbocycles. The third-order valence-electron chi connectivity index (χ3n) is 18.7. The van der Waals surface area contributed by atoms with Crippen LogP contribution in [-0.4, -0.2) is 29.9 Å². The van der Waals surface area contributed by atoms with E-state index in [1.165, 1.54) is 42.3 Å². The topological polar surface area (TPSA) is 110 Å². The van der Waals surface area contributed by atoms with Crippen LogP contribution in [0.5, 0.6) is 0 Å². The summed E-state index contributed by atoms with van der Waals surface area (Å²) in [6, 6.07) is 117. The van der Waals surface area contributed by atoms with Crippen LogP contribution < -0.4 is 9.80 Å². The molecule has 0 amide bonds. The Labute approximate surface area is 596 Å². The Morgan fingerprint density at radius 3 is 0.971 bits per heavy atom. The van der Waals surface area contributed by atoms with Gasteiger partial charge < -0.3 is 18.6 Å². The van der Waals surface area contributed by atoms with Gasteiger partial charge in [-0.2, -0.15) is 0 Å². The van der Waals surface area contributed by atoms with Crippen LogP contribution in [0.4, 0.5) is 34.1 Å². The molecule has 0 N–H and O–H groups in total. The molecule has 18 aromatic rings. The maximum Gasteiger partial charge on any atom is 0.164 e. The van der Waals surface area contributed by atoms with Crippen LogP contribution in [0.25, 0.3) is 134 Å². The molecule has 0 fully saturated rings. The molecular weight excluding hydrogens is 1290 g/mol. The van der Waals surface area contributed by atoms with Gasteiger partial charge in [0.25, 0.3) is 0 Å². The molecule has 0 unspecified atom stereocenters. The van der Waals surface area contributed by atoms with Gasteiger partial charge >= 0.3 is 0 Å². The normalized spacial score (nSPS) is 12.2. The van der Waals surface area contributed by atoms with E-state index in [9.17, 15) is 0 Å². The lowest BCUT2D eigenvalue weighted by Gasteiger charge is -2.32. The van der Waals surface area contributed by atoms with Crippen LogP contribution in [0, 0.1) is 0 Å². The summed E-state index contributed by atoms with van der Waals surface area (Å²) in [5, 5.41) is 4.46. The van der Waals surface area contributed by atoms with Crippen LogP contribution in [0.2, 0.25) is 0 Å². The van der Waals surface area contributed by atoms with Crippen LogP contribution in [-0.2, 0) is 0 Å². The summed E-state index contributed by atoms with van der Waals surface area (Å²) in [5.74, 6) is 3.76. The first kappa shape index (κ1) is 60.2. The van der Waals surface area contributed by atoms with Gasteiger partial charge in [0.15, 0.2) is 34.9 Å². The van der Waals surface area contributed by atoms with Gasteiger partial charge in [-0.25, -0.2) is 29.9 Å². The largest absolute Gasteiger partial charge is 0.456 e. The van der Waals surface area contributed by atoms with E-state index in [2.05, 4.69) is 252 Å². The molecular formula is C90H56N8O2S2. The lowest BCUT2D eigenvalue weighted by molar-refractivity contribution is 0.669. The quantitative estimate of drug-likeness (QED) is 0.130. The van der Waals surface area contributed by atoms with Crippen LogP contribution in [0.15, 0.2) is 368 Å². The molecule has 2 aliphatic rings. The number of fused-ring (bicyclic) bond motifs is 10. The Morgan fingerprint density at radius 2 is 0.529 bits per heavy atom. The van der Waals surface area contributed by atoms with Crippen molar-refractivity contribution in [2.45, 2.75) is 19.6 Å². The minimum Gasteiger partial charge on any atom is -0.456 e. The van der Waals surface area contributed by atoms with E-state index in [1.54, 1.807) is 0 Å². The fourth-order valence-corrected chi connectivity index (χ4v) is 15.8. The number of rotatable bonds is 10. The van der Waals surface area contributed by atoms with E-state index in [4.69, 9.17) is 38.7 Å². The Kier molecular flexibility index (Phi) is 15.2. The number of para-hydroxylation sites is 7. The van der Waals surface area contributed by atoms with Gasteiger partial charge in [-0.05, 0) is 138 Å². The fraction of sp³-hybridized carbons (Fsp3) is 0. The third-order valence-corrected chi connectivity index (χ3v) is 20.9. The second-order valence-corrected chi connectivity index (χ2v) is 27.1. The standard InChI is InChI=1S/2C45H28N4OS/c1-2-11-30(12-3-1)43-46-44(31-23-21-29(22-24-31)34-14-10-15-36-35-13-4-7-18-39(35)50-42(34)36)48-45(47-43)32-25-27-33(28-26-32)49-37-16-5-8-19-40(37)51-41-20-9-6-17-38(41)49;1-2-10-30(11-3-1)43-46-44(31-20-18-29(19-21-31)33-24-27-40-36(28-33)35-12-4-7-15-39(35)50-40)48-45(47-43)32-22-25-34(26-23-32)49-37-13-5-8-16-41(37)51-42-17-9-6-14-38(42)49/h2*1-28H. The summed E-state index contributed by atoms with van der Waals surface area (Å²) in [7, 11) is 0. The first-order valence-corrected chi connectivity index (χ1v) is 35.3. The number of benzene rings is 14. The summed E-state index contributed by atoms with van der Waals surface area (Å²) >= 11 is 3.62. The summed E-state index contributed by atoms with van der Waals surface area (Å²) in [5.41, 5.74) is 20.3. The number of furan rings is 2. The van der Waals surface area contributed by atoms with Crippen molar-refractivity contribution in [3.63, 3.8) is 0 Å². The first-order chi connectivity index (χ1) is 50.5. The van der Waals surface area contributed by atoms with Gasteiger partial charge in [0.2, 0.25) is 0 Å². The third kappa shape index (κ3) is 11.2. The molecule has 0 atom stereocenters. The van der Waals surface area contributed by atoms with E-state index < -0.39 is 0 Å². The van der Waals surface area contributed by atoms with Crippen molar-refractivity contribution in [1.29, 1.82) is 0 Å². The highest BCUT2D eigenvalue weighted by atomic mass is 32.2. The first-order valence-electron chi connectivity index (χ1n) is 33.7. The van der Waals surface area contributed by atoms with Gasteiger partial charge in [0.05, 0.1) is 22.7 Å². The van der Waals surface area contributed by atoms with Gasteiger partial charge in [-0.1, -0.05) is 242 Å². The summed E-state index contributed by atoms with van der Waals surface area (Å²) in [6.07, 6.45) is 0. The summed E-state index contributed by atoms with van der Waals surface area (Å²) in [6.45, 7) is 0. The van der Waals surface area contributed by atoms with Crippen molar-refractivity contribution in [3.05, 3.63) is 340 Å². The molecule has 0 bridgehead atoms. The van der Waals surface area contributed by atoms with E-state index in [1.807, 2.05) is 121 Å². The molecule has 0 saturated heterocycles. The summed E-state index contributed by atoms with van der Waals surface area (Å²) < 4.78 is 12.4. The van der Waals surface area contributed by atoms with Crippen molar-refractivity contribution in [2.75, 3.05) is 9.80 Å². The molecule has 480 valence electrons. The average molecular weight is 1350 g/mol. The Bertz CT molecular complexity index is 6110. The van der Waals surface area contributed by atoms with Crippen molar-refractivity contribution in [1.82, 2.24) is 29.9 Å². The van der Waals surface area contributed by atoms with Gasteiger partial charge in [-0.3, -0.25) is 0 Å². The smallest absolute Gasteiger partial charge is 0.164 e. The monoisotopic (exact) mass is 1340 g/mol. The predicted octanol–water partition coefficient (Wildman–Crippen LogP) is 24.7. The zero-order chi connectivity index (χ0) is 67.5. The lowest BCUT2D eigenvalue weighted by atomic mass is 10.0. The number of anilines is 6. The van der Waals surface area contributed by atoms with Gasteiger partial charge in [0.1, 0.15) is 22.3 Å². The minimum absolute atomic E-state index is 0.618. The van der Waals surface area contributed by atoms with Crippen molar-refractivity contribution >= 4 is 102 Å². The SMILES string of the molecule is c1ccc(-c2nc(-c3ccc(-c4ccc5oc6ccccc6c5c4)cc3)nc(-c3ccc(N4c5ccccc5Sc5ccccc54)cc3)n2)cc1.c1ccc(-c2nc(-c3ccc(-c4cccc5c4oc4ccccc45)cc3)nc(-c3ccc(N4c5ccccc5Sc5ccccc54)cc3)n2)cc1. The van der Waals surface area contributed by atoms with E-state index >= 15 is 0 Å². The number of nitrogens with zero attached hydrogens (tertiary/aromatic N) is 8. The Hall–Kier alpha value is -13.0. The van der Waals surface area contributed by atoms with E-state index in [0.717, 1.165) is 111 Å². The van der Waals surface area contributed by atoms with Gasteiger partial charge in [0, 0.05) is 91.4 Å². The highest BCUT2D eigenvalue weighted by Gasteiger charge is 2.27. The fourth-order valence-electron chi connectivity index (χ4n) is 13.7. The highest BCUT2D eigenvalue weighted by Crippen LogP contribution is 2.53. The Morgan fingerprint density at radius 1 is 0.216 bits per heavy atom. The Balaban J connectivity index is 0.000000141. The number of hydrogen-bond donors (Lipinski definition) is 0. The van der Waals surface area contributed by atoms with Gasteiger partial charge in [-0.15, -0.1) is 0 Å². The molecule has 0 saturated carbocycles. The minimum atomic E-state index is 0.618. The highest BCUT2D eigenvalue weighted by molar-refractivity contribution is 8.00. The number of aromatic nitrogens is 6. The van der Waals surface area contributed by atoms with Crippen molar-refractivity contribution in [2.24, 2.45) is 0 Å². The van der Waals surface area contributed by atoms with Crippen LogP contribution >= 0.6 is 23.5 Å². The molecule has 10 nitrogen and oxygen atoms in total. The maximum absolute atomic E-state index is 6.33. The zero-order valence-corrected chi connectivity index (χ0v) is 56.2. The predicted molar refractivity (Wildman–Crippen MR) is 415 cm³/mol. The molecule has 0 radical (unpaired) electrons. The molecule has 2 aliphatic heterocycles. The summed E-state index contributed by atoms with van der Waals surface area (Å²) in [4.78, 5) is 39.5. The van der Waals surface area contributed by atoms with Crippen LogP contribution in [0.3, 0.4) is 0 Å². The van der Waals surface area contributed by atoms with Crippen molar-refractivity contribution in [3.8, 4) is 90.6 Å². The lowest BCUT2D eigenvalue weighted by Crippen LogP contribution is -2.14. The van der Waals surface area contributed by atoms with E-state index in [0.29, 0.717) is 34.9 Å². The average Bonchev–Trinajstić information content (AvgIpc) is 1.00. The molecule has 20 rings (SSSR count). The maximum atomic E-state index is 6.33. The number of hydrogen-bond acceptors (Lipinski definition) is 12. The molecule has 102 heavy (non-hydrogen) atoms. The van der Waals surface area contributed by atoms with Crippen molar-refractivity contribution < 1.29 is 8.83 Å². The van der Waals surface area contributed by atoms with E-state index in [-0.39, 0.29) is 0 Å². The second-order valence-electron chi connectivity index (χ2n) is 24.9. The van der Waals surface area contributed by atoms with Crippen LogP contribution in [0.1, 0.15) is 0 Å². The second kappa shape index (κ2) is 25.7. The molecule has 6 heterocycles. The molecule has 0 spiro atoms. The molecule has 0 aliphatic carbocycles. The zero-order valence-electron chi connectivity index (χ0n) is 54.5. The molecule has 12 heteroatoms. The molecule has 4 aromatic heterocycles.